The van der Waals surface area contributed by atoms with Gasteiger partial charge in [-0.1, -0.05) is 39.0 Å². The third kappa shape index (κ3) is 10.4. The van der Waals surface area contributed by atoms with Gasteiger partial charge in [-0.25, -0.2) is 4.79 Å². The summed E-state index contributed by atoms with van der Waals surface area (Å²) in [6.07, 6.45) is 3.62. The molecule has 1 N–H and O–H groups in total. The first kappa shape index (κ1) is 32.5. The van der Waals surface area contributed by atoms with Crippen LogP contribution >= 0.6 is 0 Å². The van der Waals surface area contributed by atoms with Crippen molar-refractivity contribution in [1.29, 1.82) is 5.26 Å². The first-order chi connectivity index (χ1) is 18.1. The number of rotatable bonds is 13. The molecule has 0 bridgehead atoms. The second-order valence-corrected chi connectivity index (χ2v) is 17.4. The molecule has 1 heterocycles. The normalized spacial score (nSPS) is 12.5. The lowest BCUT2D eigenvalue weighted by molar-refractivity contribution is -0.120. The summed E-state index contributed by atoms with van der Waals surface area (Å²) < 4.78 is 13.3. The van der Waals surface area contributed by atoms with Crippen LogP contribution in [-0.2, 0) is 20.4 Å². The molecule has 1 amide bonds. The molecule has 0 saturated carbocycles. The number of benzene rings is 1. The average molecular weight is 557 g/mol. The number of carbonyl (C=O) groups is 2. The number of carbonyl (C=O) groups excluding carboxylic acids is 2. The molecule has 0 unspecified atom stereocenters. The molecule has 0 saturated heterocycles. The Hall–Kier alpha value is -2.67. The molecule has 0 atom stereocenters. The molecular weight excluding hydrogens is 508 g/mol. The number of amides is 1. The summed E-state index contributed by atoms with van der Waals surface area (Å²) in [7, 11) is -1.76. The molecular formula is C30H48N4O4Si. The molecule has 0 spiro atoms. The van der Waals surface area contributed by atoms with E-state index >= 15 is 0 Å². The van der Waals surface area contributed by atoms with Crippen molar-refractivity contribution in [3.8, 4) is 6.07 Å². The minimum atomic E-state index is -1.76. The zero-order chi connectivity index (χ0) is 29.3. The lowest BCUT2D eigenvalue weighted by Crippen LogP contribution is -2.41. The van der Waals surface area contributed by atoms with Crippen molar-refractivity contribution in [1.82, 2.24) is 14.8 Å². The van der Waals surface area contributed by atoms with Crippen LogP contribution in [0.1, 0.15) is 66.4 Å². The first-order valence-corrected chi connectivity index (χ1v) is 16.9. The molecule has 0 aliphatic heterocycles. The number of hydrogen-bond acceptors (Lipinski definition) is 6. The summed E-state index contributed by atoms with van der Waals surface area (Å²) in [4.78, 5) is 27.8. The highest BCUT2D eigenvalue weighted by molar-refractivity contribution is 6.74. The number of hydrogen-bond donors (Lipinski definition) is 1. The van der Waals surface area contributed by atoms with Crippen LogP contribution in [0.3, 0.4) is 0 Å². The Labute approximate surface area is 235 Å². The van der Waals surface area contributed by atoms with Gasteiger partial charge in [0.05, 0.1) is 18.0 Å². The second-order valence-electron chi connectivity index (χ2n) is 12.6. The van der Waals surface area contributed by atoms with Gasteiger partial charge in [-0.05, 0) is 69.9 Å². The van der Waals surface area contributed by atoms with Gasteiger partial charge in [-0.2, -0.15) is 5.26 Å². The van der Waals surface area contributed by atoms with Gasteiger partial charge in [-0.3, -0.25) is 9.36 Å². The summed E-state index contributed by atoms with van der Waals surface area (Å²) >= 11 is 0. The standard InChI is InChI=1S/C30H48N4O4Si/c1-29(2,3)38-28(36)34-23-24(25-14-9-10-15-26(25)34)22-27(35)32-17-12-19-33(18-11-16-31)20-13-21-37-39(7,8)30(4,5)6/h9-10,14-15,23H,11-13,17-22H2,1-8H3,(H,32,35). The minimum Gasteiger partial charge on any atom is -0.443 e. The lowest BCUT2D eigenvalue weighted by Gasteiger charge is -2.36. The Bertz CT molecular complexity index is 1140. The van der Waals surface area contributed by atoms with E-state index in [4.69, 9.17) is 14.4 Å². The fraction of sp³-hybridized carbons (Fsp3) is 0.633. The van der Waals surface area contributed by atoms with Crippen molar-refractivity contribution in [3.05, 3.63) is 36.0 Å². The maximum Gasteiger partial charge on any atom is 0.419 e. The van der Waals surface area contributed by atoms with Crippen LogP contribution in [0, 0.1) is 11.3 Å². The Morgan fingerprint density at radius 2 is 1.72 bits per heavy atom. The highest BCUT2D eigenvalue weighted by Crippen LogP contribution is 2.36. The first-order valence-electron chi connectivity index (χ1n) is 14.0. The summed E-state index contributed by atoms with van der Waals surface area (Å²) in [6.45, 7) is 20.4. The van der Waals surface area contributed by atoms with E-state index in [9.17, 15) is 9.59 Å². The van der Waals surface area contributed by atoms with Crippen LogP contribution in [0.25, 0.3) is 10.9 Å². The average Bonchev–Trinajstić information content (AvgIpc) is 3.19. The zero-order valence-corrected chi connectivity index (χ0v) is 26.2. The Morgan fingerprint density at radius 3 is 2.36 bits per heavy atom. The van der Waals surface area contributed by atoms with Crippen LogP contribution in [0.5, 0.6) is 0 Å². The molecule has 0 aliphatic rings. The maximum atomic E-state index is 12.8. The quantitative estimate of drug-likeness (QED) is 0.236. The summed E-state index contributed by atoms with van der Waals surface area (Å²) in [6, 6.07) is 9.77. The van der Waals surface area contributed by atoms with E-state index in [1.807, 2.05) is 45.0 Å². The predicted molar refractivity (Wildman–Crippen MR) is 159 cm³/mol. The molecule has 216 valence electrons. The van der Waals surface area contributed by atoms with Crippen molar-refractivity contribution in [2.24, 2.45) is 0 Å². The monoisotopic (exact) mass is 556 g/mol. The van der Waals surface area contributed by atoms with Crippen molar-refractivity contribution in [2.75, 3.05) is 32.8 Å². The molecule has 1 aromatic carbocycles. The van der Waals surface area contributed by atoms with E-state index in [0.29, 0.717) is 19.5 Å². The van der Waals surface area contributed by atoms with Crippen LogP contribution in [0.15, 0.2) is 30.5 Å². The third-order valence-electron chi connectivity index (χ3n) is 7.14. The van der Waals surface area contributed by atoms with E-state index in [1.165, 1.54) is 4.57 Å². The van der Waals surface area contributed by atoms with Gasteiger partial charge in [0.15, 0.2) is 8.32 Å². The van der Waals surface area contributed by atoms with Crippen LogP contribution in [0.4, 0.5) is 4.79 Å². The SMILES string of the molecule is CC(C)(C)OC(=O)n1cc(CC(=O)NCCCN(CCC#N)CCCO[Si](C)(C)C(C)(C)C)c2ccccc21. The number of nitrogens with one attached hydrogen (secondary N) is 1. The highest BCUT2D eigenvalue weighted by atomic mass is 28.4. The summed E-state index contributed by atoms with van der Waals surface area (Å²) in [5.41, 5.74) is 0.894. The van der Waals surface area contributed by atoms with Gasteiger partial charge in [-0.15, -0.1) is 0 Å². The lowest BCUT2D eigenvalue weighted by atomic mass is 10.1. The van der Waals surface area contributed by atoms with Crippen molar-refractivity contribution < 1.29 is 18.8 Å². The number of fused-ring (bicyclic) bond motifs is 1. The number of nitriles is 1. The predicted octanol–water partition coefficient (Wildman–Crippen LogP) is 6.10. The van der Waals surface area contributed by atoms with Gasteiger partial charge >= 0.3 is 6.09 Å². The van der Waals surface area contributed by atoms with Gasteiger partial charge in [0.1, 0.15) is 5.60 Å². The highest BCUT2D eigenvalue weighted by Gasteiger charge is 2.36. The van der Waals surface area contributed by atoms with E-state index in [0.717, 1.165) is 49.0 Å². The smallest absolute Gasteiger partial charge is 0.419 e. The van der Waals surface area contributed by atoms with Gasteiger partial charge < -0.3 is 19.4 Å². The molecule has 0 aliphatic carbocycles. The van der Waals surface area contributed by atoms with E-state index in [1.54, 1.807) is 6.20 Å². The van der Waals surface area contributed by atoms with E-state index in [-0.39, 0.29) is 17.4 Å². The summed E-state index contributed by atoms with van der Waals surface area (Å²) in [5.74, 6) is -0.0894. The largest absolute Gasteiger partial charge is 0.443 e. The Balaban J connectivity index is 1.87. The molecule has 0 radical (unpaired) electrons. The molecule has 2 aromatic rings. The molecule has 39 heavy (non-hydrogen) atoms. The fourth-order valence-electron chi connectivity index (χ4n) is 3.99. The number of ether oxygens (including phenoxy) is 1. The van der Waals surface area contributed by atoms with Crippen molar-refractivity contribution >= 4 is 31.2 Å². The number of nitrogens with zero attached hydrogens (tertiary/aromatic N) is 3. The van der Waals surface area contributed by atoms with Gasteiger partial charge in [0, 0.05) is 44.2 Å². The molecule has 2 rings (SSSR count). The zero-order valence-electron chi connectivity index (χ0n) is 25.2. The van der Waals surface area contributed by atoms with Crippen LogP contribution in [-0.4, -0.2) is 68.2 Å². The van der Waals surface area contributed by atoms with Gasteiger partial charge in [0.25, 0.3) is 0 Å². The van der Waals surface area contributed by atoms with Gasteiger partial charge in [0.2, 0.25) is 5.91 Å². The van der Waals surface area contributed by atoms with Crippen molar-refractivity contribution in [2.45, 2.75) is 91.0 Å². The fourth-order valence-corrected chi connectivity index (χ4v) is 5.08. The third-order valence-corrected chi connectivity index (χ3v) is 11.7. The second kappa shape index (κ2) is 14.1. The molecule has 8 nitrogen and oxygen atoms in total. The minimum absolute atomic E-state index is 0.0894. The van der Waals surface area contributed by atoms with Crippen LogP contribution < -0.4 is 5.32 Å². The van der Waals surface area contributed by atoms with E-state index in [2.05, 4.69) is 50.2 Å². The van der Waals surface area contributed by atoms with E-state index < -0.39 is 20.0 Å². The number of para-hydroxylation sites is 1. The topological polar surface area (TPSA) is 96.6 Å². The molecule has 1 aromatic heterocycles. The van der Waals surface area contributed by atoms with Crippen molar-refractivity contribution in [3.63, 3.8) is 0 Å². The molecule has 0 fully saturated rings. The Kier molecular flexibility index (Phi) is 11.8. The molecule has 9 heteroatoms. The Morgan fingerprint density at radius 1 is 1.05 bits per heavy atom. The van der Waals surface area contributed by atoms with Crippen LogP contribution in [0.2, 0.25) is 18.1 Å². The number of aromatic nitrogens is 1. The summed E-state index contributed by atoms with van der Waals surface area (Å²) in [5, 5.41) is 13.1. The maximum absolute atomic E-state index is 12.8.